The highest BCUT2D eigenvalue weighted by molar-refractivity contribution is 7.16. The molecule has 0 bridgehead atoms. The Morgan fingerprint density at radius 3 is 2.90 bits per heavy atom. The van der Waals surface area contributed by atoms with Gasteiger partial charge in [-0.2, -0.15) is 9.61 Å². The minimum absolute atomic E-state index is 0.241. The van der Waals surface area contributed by atoms with Crippen molar-refractivity contribution in [2.24, 2.45) is 0 Å². The molecule has 1 unspecified atom stereocenters. The number of carbonyl (C=O) groups is 1. The highest BCUT2D eigenvalue weighted by Crippen LogP contribution is 2.11. The molecule has 7 nitrogen and oxygen atoms in total. The van der Waals surface area contributed by atoms with E-state index >= 15 is 0 Å². The zero-order valence-electron chi connectivity index (χ0n) is 12.0. The Hall–Kier alpha value is -1.80. The fourth-order valence-electron chi connectivity index (χ4n) is 1.96. The van der Waals surface area contributed by atoms with Gasteiger partial charge in [0.15, 0.2) is 0 Å². The van der Waals surface area contributed by atoms with E-state index in [4.69, 9.17) is 5.11 Å². The lowest BCUT2D eigenvalue weighted by atomic mass is 10.1. The Morgan fingerprint density at radius 1 is 1.52 bits per heavy atom. The Kier molecular flexibility index (Phi) is 5.03. The molecule has 0 aromatic carbocycles. The van der Waals surface area contributed by atoms with Crippen LogP contribution in [0.15, 0.2) is 10.9 Å². The molecule has 0 aliphatic carbocycles. The second-order valence-corrected chi connectivity index (χ2v) is 5.73. The van der Waals surface area contributed by atoms with E-state index in [0.29, 0.717) is 17.1 Å². The Bertz CT molecular complexity index is 694. The molecular formula is C13H18N4O3S. The monoisotopic (exact) mass is 310 g/mol. The van der Waals surface area contributed by atoms with Gasteiger partial charge in [-0.25, -0.2) is 4.98 Å². The van der Waals surface area contributed by atoms with Gasteiger partial charge < -0.3 is 5.11 Å². The highest BCUT2D eigenvalue weighted by atomic mass is 32.1. The van der Waals surface area contributed by atoms with Gasteiger partial charge in [0.25, 0.3) is 5.56 Å². The minimum atomic E-state index is -0.888. The van der Waals surface area contributed by atoms with E-state index in [0.717, 1.165) is 17.8 Å². The van der Waals surface area contributed by atoms with Crippen molar-refractivity contribution >= 4 is 22.3 Å². The lowest BCUT2D eigenvalue weighted by Crippen LogP contribution is -2.36. The third-order valence-electron chi connectivity index (χ3n) is 3.05. The van der Waals surface area contributed by atoms with Crippen LogP contribution >= 0.6 is 11.3 Å². The number of fused-ring (bicyclic) bond motifs is 1. The molecule has 2 rings (SSSR count). The number of aromatic nitrogens is 3. The number of rotatable bonds is 7. The number of carboxylic acid groups (broad SMARTS) is 1. The van der Waals surface area contributed by atoms with Crippen LogP contribution in [0.4, 0.5) is 0 Å². The van der Waals surface area contributed by atoms with Gasteiger partial charge in [0.1, 0.15) is 11.0 Å². The predicted octanol–water partition coefficient (Wildman–Crippen LogP) is 1.06. The maximum Gasteiger partial charge on any atom is 0.320 e. The smallest absolute Gasteiger partial charge is 0.320 e. The van der Waals surface area contributed by atoms with Crippen LogP contribution in [0.25, 0.3) is 4.96 Å². The molecule has 0 saturated heterocycles. The Morgan fingerprint density at radius 2 is 2.29 bits per heavy atom. The van der Waals surface area contributed by atoms with Crippen LogP contribution in [0.3, 0.4) is 0 Å². The fraction of sp³-hybridized carbons (Fsp3) is 0.538. The summed E-state index contributed by atoms with van der Waals surface area (Å²) in [5, 5.41) is 17.0. The van der Waals surface area contributed by atoms with Crippen LogP contribution in [-0.2, 0) is 17.8 Å². The summed E-state index contributed by atoms with van der Waals surface area (Å²) in [6.45, 7) is 4.15. The van der Waals surface area contributed by atoms with E-state index < -0.39 is 12.0 Å². The highest BCUT2D eigenvalue weighted by Gasteiger charge is 2.16. The average Bonchev–Trinajstić information content (AvgIpc) is 2.86. The first-order valence-corrected chi connectivity index (χ1v) is 7.71. The molecule has 0 fully saturated rings. The third-order valence-corrected chi connectivity index (χ3v) is 4.10. The number of nitrogens with zero attached hydrogens (tertiary/aromatic N) is 3. The van der Waals surface area contributed by atoms with Crippen molar-refractivity contribution in [1.29, 1.82) is 0 Å². The lowest BCUT2D eigenvalue weighted by Gasteiger charge is -2.12. The summed E-state index contributed by atoms with van der Waals surface area (Å²) in [6.07, 6.45) is 2.06. The van der Waals surface area contributed by atoms with Crippen molar-refractivity contribution in [3.05, 3.63) is 27.1 Å². The molecule has 1 atom stereocenters. The van der Waals surface area contributed by atoms with Gasteiger partial charge in [0.2, 0.25) is 4.96 Å². The molecule has 0 amide bonds. The molecule has 0 aliphatic rings. The molecular weight excluding hydrogens is 292 g/mol. The van der Waals surface area contributed by atoms with E-state index in [2.05, 4.69) is 15.4 Å². The van der Waals surface area contributed by atoms with Crippen LogP contribution in [-0.4, -0.2) is 31.7 Å². The van der Waals surface area contributed by atoms with E-state index in [1.165, 1.54) is 21.9 Å². The van der Waals surface area contributed by atoms with Crippen molar-refractivity contribution in [2.45, 2.75) is 45.7 Å². The van der Waals surface area contributed by atoms with Gasteiger partial charge in [0.05, 0.1) is 5.69 Å². The number of carboxylic acids is 1. The summed E-state index contributed by atoms with van der Waals surface area (Å²) >= 11 is 1.37. The van der Waals surface area contributed by atoms with E-state index in [1.54, 1.807) is 0 Å². The predicted molar refractivity (Wildman–Crippen MR) is 79.7 cm³/mol. The van der Waals surface area contributed by atoms with Crippen LogP contribution in [0, 0.1) is 0 Å². The molecule has 114 valence electrons. The first kappa shape index (κ1) is 15.6. The normalized spacial score (nSPS) is 12.7. The number of hydrogen-bond donors (Lipinski definition) is 2. The SMILES string of the molecule is CCCC(NCc1cc(=O)n2nc(CC)sc2n1)C(=O)O. The number of hydrogen-bond acceptors (Lipinski definition) is 6. The number of aryl methyl sites for hydroxylation is 1. The molecule has 0 aliphatic heterocycles. The molecule has 2 N–H and O–H groups in total. The van der Waals surface area contributed by atoms with E-state index in [-0.39, 0.29) is 12.1 Å². The zero-order chi connectivity index (χ0) is 15.4. The van der Waals surface area contributed by atoms with Gasteiger partial charge in [-0.3, -0.25) is 14.9 Å². The summed E-state index contributed by atoms with van der Waals surface area (Å²) in [5.41, 5.74) is 0.295. The number of nitrogens with one attached hydrogen (secondary N) is 1. The molecule has 0 saturated carbocycles. The average molecular weight is 310 g/mol. The van der Waals surface area contributed by atoms with Crippen molar-refractivity contribution < 1.29 is 9.90 Å². The quantitative estimate of drug-likeness (QED) is 0.793. The molecule has 0 spiro atoms. The van der Waals surface area contributed by atoms with Crippen LogP contribution in [0.1, 0.15) is 37.4 Å². The third kappa shape index (κ3) is 3.64. The maximum absolute atomic E-state index is 12.0. The van der Waals surface area contributed by atoms with Gasteiger partial charge >= 0.3 is 5.97 Å². The zero-order valence-corrected chi connectivity index (χ0v) is 12.8. The van der Waals surface area contributed by atoms with Crippen LogP contribution in [0.5, 0.6) is 0 Å². The topological polar surface area (TPSA) is 96.6 Å². The van der Waals surface area contributed by atoms with E-state index in [1.807, 2.05) is 13.8 Å². The maximum atomic E-state index is 12.0. The van der Waals surface area contributed by atoms with Gasteiger partial charge in [0, 0.05) is 12.6 Å². The van der Waals surface area contributed by atoms with Crippen LogP contribution in [0.2, 0.25) is 0 Å². The lowest BCUT2D eigenvalue weighted by molar-refractivity contribution is -0.139. The summed E-state index contributed by atoms with van der Waals surface area (Å²) in [6, 6.07) is 0.771. The number of aliphatic carboxylic acids is 1. The molecule has 2 aromatic rings. The second-order valence-electron chi connectivity index (χ2n) is 4.69. The Labute approximate surface area is 125 Å². The largest absolute Gasteiger partial charge is 0.480 e. The summed E-state index contributed by atoms with van der Waals surface area (Å²) in [4.78, 5) is 27.9. The van der Waals surface area contributed by atoms with Crippen molar-refractivity contribution in [2.75, 3.05) is 0 Å². The van der Waals surface area contributed by atoms with Crippen molar-refractivity contribution in [3.63, 3.8) is 0 Å². The summed E-state index contributed by atoms with van der Waals surface area (Å²) < 4.78 is 1.29. The summed E-state index contributed by atoms with van der Waals surface area (Å²) in [5.74, 6) is -0.888. The van der Waals surface area contributed by atoms with Gasteiger partial charge in [-0.1, -0.05) is 31.6 Å². The second kappa shape index (κ2) is 6.77. The van der Waals surface area contributed by atoms with Gasteiger partial charge in [-0.05, 0) is 12.8 Å². The van der Waals surface area contributed by atoms with Crippen LogP contribution < -0.4 is 10.9 Å². The molecule has 2 heterocycles. The van der Waals surface area contributed by atoms with Gasteiger partial charge in [-0.15, -0.1) is 0 Å². The first-order valence-electron chi connectivity index (χ1n) is 6.90. The molecule has 21 heavy (non-hydrogen) atoms. The van der Waals surface area contributed by atoms with Crippen molar-refractivity contribution in [1.82, 2.24) is 19.9 Å². The molecule has 2 aromatic heterocycles. The Balaban J connectivity index is 2.18. The fourth-order valence-corrected chi connectivity index (χ4v) is 2.82. The molecule has 8 heteroatoms. The summed E-state index contributed by atoms with van der Waals surface area (Å²) in [7, 11) is 0. The molecule has 0 radical (unpaired) electrons. The van der Waals surface area contributed by atoms with Crippen molar-refractivity contribution in [3.8, 4) is 0 Å². The first-order chi connectivity index (χ1) is 10.0. The standard InChI is InChI=1S/C13H18N4O3S/c1-3-5-9(12(19)20)14-7-8-6-11(18)17-13(15-8)21-10(4-2)16-17/h6,9,14H,3-5,7H2,1-2H3,(H,19,20). The minimum Gasteiger partial charge on any atom is -0.480 e. The van der Waals surface area contributed by atoms with E-state index in [9.17, 15) is 9.59 Å².